The molecular formula is C23H26N6O2. The molecule has 4 rings (SSSR count). The van der Waals surface area contributed by atoms with Gasteiger partial charge in [0.15, 0.2) is 5.82 Å². The van der Waals surface area contributed by atoms with Crippen molar-refractivity contribution in [2.75, 3.05) is 5.32 Å². The lowest BCUT2D eigenvalue weighted by Crippen LogP contribution is -2.47. The number of hydrogen-bond donors (Lipinski definition) is 2. The third kappa shape index (κ3) is 4.79. The molecule has 0 bridgehead atoms. The van der Waals surface area contributed by atoms with Gasteiger partial charge in [0.2, 0.25) is 5.91 Å². The summed E-state index contributed by atoms with van der Waals surface area (Å²) in [6.45, 7) is 5.73. The number of hydrogen-bond acceptors (Lipinski definition) is 5. The number of aryl methyl sites for hydroxylation is 1. The second-order valence-corrected chi connectivity index (χ2v) is 8.31. The Balaban J connectivity index is 1.49. The lowest BCUT2D eigenvalue weighted by atomic mass is 10.0. The first-order valence-corrected chi connectivity index (χ1v) is 10.5. The van der Waals surface area contributed by atoms with Crippen LogP contribution < -0.4 is 10.6 Å². The van der Waals surface area contributed by atoms with E-state index in [2.05, 4.69) is 26.2 Å². The molecule has 0 saturated heterocycles. The Kier molecular flexibility index (Phi) is 5.79. The molecule has 1 heterocycles. The van der Waals surface area contributed by atoms with Gasteiger partial charge in [-0.15, -0.1) is 5.10 Å². The number of benzene rings is 2. The van der Waals surface area contributed by atoms with Gasteiger partial charge in [-0.3, -0.25) is 9.59 Å². The van der Waals surface area contributed by atoms with Crippen LogP contribution in [0.5, 0.6) is 0 Å². The Bertz CT molecular complexity index is 1100. The van der Waals surface area contributed by atoms with E-state index in [9.17, 15) is 9.59 Å². The average Bonchev–Trinajstić information content (AvgIpc) is 3.47. The third-order valence-electron chi connectivity index (χ3n) is 5.29. The zero-order valence-corrected chi connectivity index (χ0v) is 17.9. The molecule has 0 aliphatic heterocycles. The Morgan fingerprint density at radius 3 is 2.58 bits per heavy atom. The quantitative estimate of drug-likeness (QED) is 0.612. The predicted molar refractivity (Wildman–Crippen MR) is 117 cm³/mol. The van der Waals surface area contributed by atoms with Crippen LogP contribution in [0.2, 0.25) is 0 Å². The van der Waals surface area contributed by atoms with Crippen LogP contribution in [0.1, 0.15) is 48.7 Å². The number of tetrazole rings is 1. The predicted octanol–water partition coefficient (Wildman–Crippen LogP) is 3.38. The summed E-state index contributed by atoms with van der Waals surface area (Å²) in [5, 5.41) is 17.8. The largest absolute Gasteiger partial charge is 0.340 e. The minimum atomic E-state index is -0.673. The number of nitrogens with zero attached hydrogens (tertiary/aromatic N) is 4. The second kappa shape index (κ2) is 8.67. The molecule has 0 spiro atoms. The highest BCUT2D eigenvalue weighted by Crippen LogP contribution is 2.36. The van der Waals surface area contributed by atoms with Gasteiger partial charge >= 0.3 is 0 Å². The van der Waals surface area contributed by atoms with E-state index in [1.807, 2.05) is 61.9 Å². The summed E-state index contributed by atoms with van der Waals surface area (Å²) in [4.78, 5) is 25.7. The molecular weight excluding hydrogens is 392 g/mol. The first kappa shape index (κ1) is 20.7. The van der Waals surface area contributed by atoms with Crippen LogP contribution in [0.4, 0.5) is 5.69 Å². The van der Waals surface area contributed by atoms with Gasteiger partial charge in [-0.2, -0.15) is 0 Å². The fourth-order valence-corrected chi connectivity index (χ4v) is 3.45. The maximum absolute atomic E-state index is 13.0. The van der Waals surface area contributed by atoms with Crippen LogP contribution in [0.25, 0.3) is 11.4 Å². The third-order valence-corrected chi connectivity index (χ3v) is 5.29. The first-order valence-electron chi connectivity index (χ1n) is 10.5. The average molecular weight is 419 g/mol. The topological polar surface area (TPSA) is 102 Å². The Morgan fingerprint density at radius 1 is 1.10 bits per heavy atom. The van der Waals surface area contributed by atoms with Gasteiger partial charge in [0, 0.05) is 16.8 Å². The van der Waals surface area contributed by atoms with Gasteiger partial charge < -0.3 is 10.6 Å². The number of amides is 2. The van der Waals surface area contributed by atoms with Crippen LogP contribution in [0, 0.1) is 12.8 Å². The minimum absolute atomic E-state index is 0.0842. The van der Waals surface area contributed by atoms with Crippen molar-refractivity contribution in [2.45, 2.75) is 45.7 Å². The standard InChI is InChI=1S/C23H26N6O2/c1-14(2)20(25-22(30)17-8-4-6-15(3)12-17)23(31)24-18-9-5-7-16(13-18)21-26-27-28-29(21)19-10-11-19/h4-9,12-14,19-20H,10-11H2,1-3H3,(H,24,31)(H,25,30). The van der Waals surface area contributed by atoms with Crippen molar-refractivity contribution in [1.29, 1.82) is 0 Å². The highest BCUT2D eigenvalue weighted by molar-refractivity contribution is 6.01. The number of carbonyl (C=O) groups is 2. The maximum Gasteiger partial charge on any atom is 0.251 e. The van der Waals surface area contributed by atoms with Gasteiger partial charge in [-0.25, -0.2) is 4.68 Å². The maximum atomic E-state index is 13.0. The highest BCUT2D eigenvalue weighted by atomic mass is 16.2. The molecule has 1 saturated carbocycles. The van der Waals surface area contributed by atoms with E-state index in [0.717, 1.165) is 24.0 Å². The molecule has 8 nitrogen and oxygen atoms in total. The van der Waals surface area contributed by atoms with Gasteiger partial charge in [-0.1, -0.05) is 43.7 Å². The number of aromatic nitrogens is 4. The molecule has 2 N–H and O–H groups in total. The van der Waals surface area contributed by atoms with Gasteiger partial charge in [0.05, 0.1) is 6.04 Å². The number of nitrogens with one attached hydrogen (secondary N) is 2. The molecule has 31 heavy (non-hydrogen) atoms. The summed E-state index contributed by atoms with van der Waals surface area (Å²) in [5.41, 5.74) is 2.99. The molecule has 1 fully saturated rings. The Morgan fingerprint density at radius 2 is 1.87 bits per heavy atom. The molecule has 1 unspecified atom stereocenters. The monoisotopic (exact) mass is 418 g/mol. The molecule has 1 aliphatic carbocycles. The Labute approximate surface area is 181 Å². The summed E-state index contributed by atoms with van der Waals surface area (Å²) in [7, 11) is 0. The molecule has 160 valence electrons. The number of anilines is 1. The lowest BCUT2D eigenvalue weighted by molar-refractivity contribution is -0.118. The zero-order chi connectivity index (χ0) is 22.0. The minimum Gasteiger partial charge on any atom is -0.340 e. The van der Waals surface area contributed by atoms with Crippen LogP contribution in [0.3, 0.4) is 0 Å². The van der Waals surface area contributed by atoms with Crippen LogP contribution in [-0.4, -0.2) is 38.1 Å². The number of rotatable bonds is 7. The summed E-state index contributed by atoms with van der Waals surface area (Å²) in [6.07, 6.45) is 2.15. The summed E-state index contributed by atoms with van der Waals surface area (Å²) in [6, 6.07) is 14.4. The van der Waals surface area contributed by atoms with Gasteiger partial charge in [0.1, 0.15) is 6.04 Å². The summed E-state index contributed by atoms with van der Waals surface area (Å²) in [5.74, 6) is 0.0655. The summed E-state index contributed by atoms with van der Waals surface area (Å²) < 4.78 is 1.83. The highest BCUT2D eigenvalue weighted by Gasteiger charge is 2.28. The normalized spacial score (nSPS) is 14.3. The second-order valence-electron chi connectivity index (χ2n) is 8.31. The molecule has 1 aromatic heterocycles. The lowest BCUT2D eigenvalue weighted by Gasteiger charge is -2.22. The van der Waals surface area contributed by atoms with Crippen LogP contribution in [-0.2, 0) is 4.79 Å². The molecule has 1 aliphatic rings. The molecule has 0 radical (unpaired) electrons. The first-order chi connectivity index (χ1) is 14.9. The van der Waals surface area contributed by atoms with E-state index in [-0.39, 0.29) is 17.7 Å². The van der Waals surface area contributed by atoms with Crippen LogP contribution >= 0.6 is 0 Å². The number of carbonyl (C=O) groups excluding carboxylic acids is 2. The van der Waals surface area contributed by atoms with E-state index in [4.69, 9.17) is 0 Å². The van der Waals surface area contributed by atoms with Crippen molar-refractivity contribution < 1.29 is 9.59 Å². The van der Waals surface area contributed by atoms with Gasteiger partial charge in [-0.05, 0) is 60.4 Å². The smallest absolute Gasteiger partial charge is 0.251 e. The van der Waals surface area contributed by atoms with Crippen molar-refractivity contribution in [3.8, 4) is 11.4 Å². The summed E-state index contributed by atoms with van der Waals surface area (Å²) >= 11 is 0. The van der Waals surface area contributed by atoms with Crippen molar-refractivity contribution in [3.63, 3.8) is 0 Å². The van der Waals surface area contributed by atoms with Crippen molar-refractivity contribution >= 4 is 17.5 Å². The van der Waals surface area contributed by atoms with E-state index in [1.165, 1.54) is 0 Å². The fraction of sp³-hybridized carbons (Fsp3) is 0.348. The Hall–Kier alpha value is -3.55. The molecule has 1 atom stereocenters. The molecule has 8 heteroatoms. The van der Waals surface area contributed by atoms with Crippen molar-refractivity contribution in [1.82, 2.24) is 25.5 Å². The van der Waals surface area contributed by atoms with Gasteiger partial charge in [0.25, 0.3) is 5.91 Å². The SMILES string of the molecule is Cc1cccc(C(=O)NC(C(=O)Nc2cccc(-c3nnnn3C3CC3)c2)C(C)C)c1. The van der Waals surface area contributed by atoms with Crippen LogP contribution in [0.15, 0.2) is 48.5 Å². The van der Waals surface area contributed by atoms with Crippen molar-refractivity contribution in [3.05, 3.63) is 59.7 Å². The zero-order valence-electron chi connectivity index (χ0n) is 17.9. The fourth-order valence-electron chi connectivity index (χ4n) is 3.45. The van der Waals surface area contributed by atoms with Crippen molar-refractivity contribution in [2.24, 2.45) is 5.92 Å². The molecule has 3 aromatic rings. The molecule has 2 aromatic carbocycles. The van der Waals surface area contributed by atoms with E-state index in [0.29, 0.717) is 23.1 Å². The van der Waals surface area contributed by atoms with E-state index in [1.54, 1.807) is 12.1 Å². The molecule has 2 amide bonds. The van der Waals surface area contributed by atoms with E-state index < -0.39 is 6.04 Å². The van der Waals surface area contributed by atoms with E-state index >= 15 is 0 Å².